The van der Waals surface area contributed by atoms with Crippen molar-refractivity contribution in [1.29, 1.82) is 0 Å². The molecular formula is C42H57F2N5O11S. The summed E-state index contributed by atoms with van der Waals surface area (Å²) < 4.78 is 86.1. The van der Waals surface area contributed by atoms with E-state index >= 15 is 13.6 Å². The van der Waals surface area contributed by atoms with Crippen LogP contribution in [0.4, 0.5) is 13.6 Å². The highest BCUT2D eigenvalue weighted by molar-refractivity contribution is 7.91. The zero-order valence-corrected chi connectivity index (χ0v) is 36.4. The van der Waals surface area contributed by atoms with Gasteiger partial charge in [0.1, 0.15) is 35.7 Å². The summed E-state index contributed by atoms with van der Waals surface area (Å²) in [4.78, 5) is 62.1. The first kappa shape index (κ1) is 45.7. The summed E-state index contributed by atoms with van der Waals surface area (Å²) in [6, 6.07) is -4.07. The van der Waals surface area contributed by atoms with Crippen molar-refractivity contribution in [1.82, 2.24) is 24.8 Å². The van der Waals surface area contributed by atoms with E-state index in [1.54, 1.807) is 45.0 Å². The average molecular weight is 878 g/mol. The molecule has 2 aliphatic heterocycles. The number of nitrogens with zero attached hydrogens (tertiary/aromatic N) is 3. The van der Waals surface area contributed by atoms with Crippen molar-refractivity contribution in [3.05, 3.63) is 36.5 Å². The van der Waals surface area contributed by atoms with Crippen LogP contribution in [0.15, 0.2) is 36.5 Å². The van der Waals surface area contributed by atoms with Crippen LogP contribution in [0.5, 0.6) is 17.4 Å². The Hall–Kier alpha value is -4.78. The number of benzene rings is 1. The number of ether oxygens (including phenoxy) is 4. The highest BCUT2D eigenvalue weighted by atomic mass is 32.2. The number of hydrogen-bond acceptors (Lipinski definition) is 11. The lowest BCUT2D eigenvalue weighted by atomic mass is 9.86. The molecule has 0 bridgehead atoms. The van der Waals surface area contributed by atoms with Gasteiger partial charge in [-0.05, 0) is 88.8 Å². The Morgan fingerprint density at radius 1 is 1.11 bits per heavy atom. The van der Waals surface area contributed by atoms with Gasteiger partial charge in [0.25, 0.3) is 11.8 Å². The maximum absolute atomic E-state index is 17.8. The van der Waals surface area contributed by atoms with Crippen molar-refractivity contribution in [2.45, 2.75) is 127 Å². The summed E-state index contributed by atoms with van der Waals surface area (Å²) in [6.07, 6.45) is 4.81. The molecule has 2 aliphatic carbocycles. The Bertz CT molecular complexity index is 2160. The molecule has 61 heavy (non-hydrogen) atoms. The number of aromatic nitrogens is 1. The molecule has 19 heteroatoms. The van der Waals surface area contributed by atoms with Crippen LogP contribution in [-0.2, 0) is 29.1 Å². The molecule has 3 fully saturated rings. The van der Waals surface area contributed by atoms with Gasteiger partial charge >= 0.3 is 12.1 Å². The van der Waals surface area contributed by atoms with Crippen molar-refractivity contribution in [2.24, 2.45) is 17.8 Å². The Morgan fingerprint density at radius 2 is 1.84 bits per heavy atom. The van der Waals surface area contributed by atoms with Gasteiger partial charge in [-0.25, -0.2) is 18.2 Å². The number of methoxy groups -OCH3 is 2. The fourth-order valence-electron chi connectivity index (χ4n) is 8.63. The Labute approximate surface area is 354 Å². The zero-order valence-electron chi connectivity index (χ0n) is 35.6. The number of halogens is 2. The van der Waals surface area contributed by atoms with Gasteiger partial charge in [-0.3, -0.25) is 28.9 Å². The first-order valence-corrected chi connectivity index (χ1v) is 22.3. The molecule has 2 saturated carbocycles. The maximum Gasteiger partial charge on any atom is 0.408 e. The first-order valence-electron chi connectivity index (χ1n) is 20.8. The largest absolute Gasteiger partial charge is 0.497 e. The average Bonchev–Trinajstić information content (AvgIpc) is 4.14. The van der Waals surface area contributed by atoms with Crippen LogP contribution in [0.2, 0.25) is 0 Å². The molecule has 2 aromatic rings. The van der Waals surface area contributed by atoms with E-state index in [2.05, 4.69) is 15.0 Å². The van der Waals surface area contributed by atoms with Crippen LogP contribution >= 0.6 is 0 Å². The van der Waals surface area contributed by atoms with Crippen molar-refractivity contribution in [3.8, 4) is 17.4 Å². The van der Waals surface area contributed by atoms with E-state index < -0.39 is 92.7 Å². The molecular weight excluding hydrogens is 821 g/mol. The molecule has 16 nitrogen and oxygen atoms in total. The van der Waals surface area contributed by atoms with Gasteiger partial charge in [-0.2, -0.15) is 8.78 Å². The number of allylic oxidation sites excluding steroid dienone is 1. The molecule has 4 amide bonds. The van der Waals surface area contributed by atoms with Gasteiger partial charge in [0.2, 0.25) is 21.8 Å². The van der Waals surface area contributed by atoms with Crippen molar-refractivity contribution in [2.75, 3.05) is 27.4 Å². The number of hydrogen-bond donors (Lipinski definition) is 3. The summed E-state index contributed by atoms with van der Waals surface area (Å²) in [7, 11) is -1.12. The monoisotopic (exact) mass is 877 g/mol. The fourth-order valence-corrected chi connectivity index (χ4v) is 9.99. The number of carbonyl (C=O) groups excluding carboxylic acids is 3. The smallest absolute Gasteiger partial charge is 0.408 e. The van der Waals surface area contributed by atoms with Gasteiger partial charge in [-0.1, -0.05) is 32.9 Å². The number of pyridine rings is 1. The third-order valence-corrected chi connectivity index (χ3v) is 14.4. The number of carbonyl (C=O) groups is 4. The minimum Gasteiger partial charge on any atom is -0.497 e. The Kier molecular flexibility index (Phi) is 13.1. The normalized spacial score (nSPS) is 30.1. The Balaban J connectivity index is 1.47. The molecule has 0 radical (unpaired) electrons. The zero-order chi connectivity index (χ0) is 44.7. The van der Waals surface area contributed by atoms with Gasteiger partial charge in [0.15, 0.2) is 5.60 Å². The molecule has 3 heterocycles. The molecule has 4 aliphatic rings. The summed E-state index contributed by atoms with van der Waals surface area (Å²) in [5.74, 6) is -4.68. The second-order valence-corrected chi connectivity index (χ2v) is 19.1. The molecule has 6 rings (SSSR count). The predicted octanol–water partition coefficient (Wildman–Crippen LogP) is 5.24. The summed E-state index contributed by atoms with van der Waals surface area (Å²) >= 11 is 0. The van der Waals surface area contributed by atoms with Crippen LogP contribution in [0.3, 0.4) is 0 Å². The van der Waals surface area contributed by atoms with Crippen molar-refractivity contribution >= 4 is 44.6 Å². The Morgan fingerprint density at radius 3 is 2.48 bits per heavy atom. The van der Waals surface area contributed by atoms with E-state index in [0.717, 1.165) is 11.8 Å². The molecule has 3 N–H and O–H groups in total. The third-order valence-electron chi connectivity index (χ3n) is 12.6. The standard InChI is InChI=1S/C42H57F2N5O11S/c1-8-26(4)48(39(53)54)34-25(3)19-24(2)11-9-10-12-27-21-41(27,38(52)47-61(55,56)29-14-15-29)46-35(50)32-22-40(5,42(43,44)49(32)37(34)51)60-36-30-16-13-28(58-7)20-31(30)33(23-45-36)59-18-17-57-6/h10,12-13,16,20,23-27,29,32,34H,8-9,11,14-15,17-19,21-22H2,1-7H3,(H,46,50)(H,47,52)(H,53,54)/b12-10-/t24-,25-,26?,27-,32+,34+,40-,41-/m1/s1. The first-order chi connectivity index (χ1) is 28.7. The van der Waals surface area contributed by atoms with Crippen LogP contribution < -0.4 is 24.2 Å². The van der Waals surface area contributed by atoms with E-state index in [1.165, 1.54) is 20.4 Å². The lowest BCUT2D eigenvalue weighted by molar-refractivity contribution is -0.219. The summed E-state index contributed by atoms with van der Waals surface area (Å²) in [6.45, 7) is 8.27. The summed E-state index contributed by atoms with van der Waals surface area (Å²) in [5.41, 5.74) is -4.52. The number of nitrogens with one attached hydrogen (secondary N) is 2. The second kappa shape index (κ2) is 17.5. The quantitative estimate of drug-likeness (QED) is 0.134. The number of fused-ring (bicyclic) bond motifs is 3. The van der Waals surface area contributed by atoms with Gasteiger partial charge < -0.3 is 29.4 Å². The summed E-state index contributed by atoms with van der Waals surface area (Å²) in [5, 5.41) is 13.1. The number of carboxylic acid groups (broad SMARTS) is 1. The van der Waals surface area contributed by atoms with E-state index in [1.807, 2.05) is 13.0 Å². The number of amides is 4. The minimum atomic E-state index is -4.31. The van der Waals surface area contributed by atoms with Crippen LogP contribution in [0, 0.1) is 17.8 Å². The number of alkyl halides is 2. The molecule has 0 spiro atoms. The second-order valence-electron chi connectivity index (χ2n) is 17.1. The molecule has 1 saturated heterocycles. The lowest BCUT2D eigenvalue weighted by Gasteiger charge is -2.42. The fraction of sp³-hybridized carbons (Fsp3) is 0.643. The molecule has 336 valence electrons. The SMILES string of the molecule is CCC(C)N(C(=O)O)[C@@H]1C(=O)N2[C@@H](C[C@@](C)(Oc3ncc(OCCOC)c4cc(OC)ccc34)C2(F)F)C(=O)N[C@]2(C(=O)NS(=O)(=O)C3CC3)C[C@H]2/C=C\CC[C@@H](C)C[C@H]1C. The molecule has 1 aromatic carbocycles. The highest BCUT2D eigenvalue weighted by Gasteiger charge is 2.71. The van der Waals surface area contributed by atoms with E-state index in [9.17, 15) is 27.9 Å². The predicted molar refractivity (Wildman–Crippen MR) is 219 cm³/mol. The van der Waals surface area contributed by atoms with E-state index in [-0.39, 0.29) is 60.3 Å². The number of sulfonamides is 1. The van der Waals surface area contributed by atoms with E-state index in [4.69, 9.17) is 18.9 Å². The van der Waals surface area contributed by atoms with Crippen LogP contribution in [0.25, 0.3) is 10.8 Å². The van der Waals surface area contributed by atoms with Gasteiger partial charge in [0, 0.05) is 36.3 Å². The molecule has 1 unspecified atom stereocenters. The number of rotatable bonds is 13. The molecule has 1 aromatic heterocycles. The van der Waals surface area contributed by atoms with Crippen molar-refractivity contribution < 1.29 is 60.4 Å². The van der Waals surface area contributed by atoms with Gasteiger partial charge in [-0.15, -0.1) is 0 Å². The van der Waals surface area contributed by atoms with Crippen LogP contribution in [-0.4, -0.2) is 120 Å². The van der Waals surface area contributed by atoms with E-state index in [0.29, 0.717) is 36.8 Å². The van der Waals surface area contributed by atoms with Gasteiger partial charge in [0.05, 0.1) is 25.2 Å². The maximum atomic E-state index is 17.8. The highest BCUT2D eigenvalue weighted by Crippen LogP contribution is 2.51. The van der Waals surface area contributed by atoms with Crippen LogP contribution in [0.1, 0.15) is 86.0 Å². The van der Waals surface area contributed by atoms with Crippen molar-refractivity contribution in [3.63, 3.8) is 0 Å². The third kappa shape index (κ3) is 8.95. The molecule has 8 atom stereocenters. The lowest BCUT2D eigenvalue weighted by Crippen LogP contribution is -2.64. The topological polar surface area (TPSA) is 203 Å². The minimum absolute atomic E-state index is 0.0275.